The zero-order valence-electron chi connectivity index (χ0n) is 13.9. The minimum absolute atomic E-state index is 0.327. The summed E-state index contributed by atoms with van der Waals surface area (Å²) in [6.45, 7) is -0.523. The Kier molecular flexibility index (Phi) is 4.06. The number of hydrogen-bond acceptors (Lipinski definition) is 4. The van der Waals surface area contributed by atoms with Crippen molar-refractivity contribution in [3.63, 3.8) is 0 Å². The molecule has 3 aromatic carbocycles. The lowest BCUT2D eigenvalue weighted by molar-refractivity contribution is 0.0414. The van der Waals surface area contributed by atoms with Gasteiger partial charge in [-0.15, -0.1) is 0 Å². The van der Waals surface area contributed by atoms with Crippen molar-refractivity contribution in [2.45, 2.75) is 12.1 Å². The minimum Gasteiger partial charge on any atom is -0.394 e. The summed E-state index contributed by atoms with van der Waals surface area (Å²) in [5, 5.41) is 34.0. The first-order chi connectivity index (χ1) is 12.2. The summed E-state index contributed by atoms with van der Waals surface area (Å²) in [6.07, 6.45) is 0. The summed E-state index contributed by atoms with van der Waals surface area (Å²) >= 11 is 0. The highest BCUT2D eigenvalue weighted by Crippen LogP contribution is 2.47. The van der Waals surface area contributed by atoms with Gasteiger partial charge in [0.25, 0.3) is 0 Å². The molecule has 4 heteroatoms. The van der Waals surface area contributed by atoms with Gasteiger partial charge in [0.1, 0.15) is 0 Å². The molecule has 0 atom stereocenters. The molecule has 4 nitrogen and oxygen atoms in total. The van der Waals surface area contributed by atoms with Gasteiger partial charge in [0, 0.05) is 6.54 Å². The number of rotatable bonds is 6. The molecule has 0 amide bonds. The summed E-state index contributed by atoms with van der Waals surface area (Å²) in [5.74, 6) is 0. The lowest BCUT2D eigenvalue weighted by atomic mass is 9.97. The topological polar surface area (TPSA) is 72.7 Å². The van der Waals surface area contributed by atoms with Gasteiger partial charge >= 0.3 is 0 Å². The predicted octanol–water partition coefficient (Wildman–Crippen LogP) is 2.29. The largest absolute Gasteiger partial charge is 0.394 e. The first kappa shape index (κ1) is 16.2. The molecule has 4 rings (SSSR count). The Morgan fingerprint density at radius 1 is 0.680 bits per heavy atom. The van der Waals surface area contributed by atoms with Gasteiger partial charge < -0.3 is 20.6 Å². The van der Waals surface area contributed by atoms with E-state index in [1.807, 2.05) is 0 Å². The molecule has 0 radical (unpaired) electrons. The van der Waals surface area contributed by atoms with Crippen LogP contribution in [0.15, 0.2) is 54.6 Å². The predicted molar refractivity (Wildman–Crippen MR) is 99.2 cm³/mol. The van der Waals surface area contributed by atoms with Gasteiger partial charge in [0.15, 0.2) is 0 Å². The third kappa shape index (κ3) is 2.46. The van der Waals surface area contributed by atoms with E-state index in [-0.39, 0.29) is 19.8 Å². The van der Waals surface area contributed by atoms with Crippen LogP contribution in [0.3, 0.4) is 0 Å². The Morgan fingerprint density at radius 3 is 1.92 bits per heavy atom. The maximum atomic E-state index is 9.50. The zero-order valence-corrected chi connectivity index (χ0v) is 13.9. The quantitative estimate of drug-likeness (QED) is 0.436. The van der Waals surface area contributed by atoms with Crippen LogP contribution in [0.5, 0.6) is 0 Å². The molecular weight excluding hydrogens is 314 g/mol. The second-order valence-corrected chi connectivity index (χ2v) is 6.65. The second kappa shape index (κ2) is 6.24. The second-order valence-electron chi connectivity index (χ2n) is 6.65. The fourth-order valence-corrected chi connectivity index (χ4v) is 3.62. The van der Waals surface area contributed by atoms with Crippen LogP contribution in [-0.4, -0.2) is 40.7 Å². The fourth-order valence-electron chi connectivity index (χ4n) is 3.62. The Hall–Kier alpha value is -2.24. The molecule has 0 aliphatic heterocycles. The smallest absolute Gasteiger partial charge is 0.0884 e. The van der Waals surface area contributed by atoms with E-state index in [0.29, 0.717) is 6.54 Å². The molecule has 0 heterocycles. The zero-order chi connectivity index (χ0) is 17.4. The van der Waals surface area contributed by atoms with Crippen LogP contribution in [0.1, 0.15) is 5.56 Å². The van der Waals surface area contributed by atoms with E-state index in [4.69, 9.17) is 0 Å². The first-order valence-corrected chi connectivity index (χ1v) is 8.45. The Morgan fingerprint density at radius 2 is 1.28 bits per heavy atom. The average molecular weight is 335 g/mol. The van der Waals surface area contributed by atoms with Crippen LogP contribution in [-0.2, 0) is 6.54 Å². The van der Waals surface area contributed by atoms with Crippen molar-refractivity contribution in [3.05, 3.63) is 60.2 Å². The highest BCUT2D eigenvalue weighted by molar-refractivity contribution is 6.15. The summed E-state index contributed by atoms with van der Waals surface area (Å²) in [4.78, 5) is 0. The summed E-state index contributed by atoms with van der Waals surface area (Å²) < 4.78 is 0. The van der Waals surface area contributed by atoms with Crippen molar-refractivity contribution in [3.8, 4) is 22.3 Å². The van der Waals surface area contributed by atoms with Gasteiger partial charge in [-0.1, -0.05) is 54.6 Å². The number of fused-ring (bicyclic) bond motifs is 3. The molecule has 0 bridgehead atoms. The molecule has 25 heavy (non-hydrogen) atoms. The molecule has 1 aliphatic carbocycles. The van der Waals surface area contributed by atoms with Gasteiger partial charge in [-0.3, -0.25) is 0 Å². The van der Waals surface area contributed by atoms with Crippen molar-refractivity contribution in [2.75, 3.05) is 19.8 Å². The molecular formula is C21H21NO3. The van der Waals surface area contributed by atoms with E-state index < -0.39 is 5.54 Å². The molecule has 3 aromatic rings. The van der Waals surface area contributed by atoms with Crippen molar-refractivity contribution < 1.29 is 15.3 Å². The third-order valence-electron chi connectivity index (χ3n) is 5.20. The van der Waals surface area contributed by atoms with Crippen LogP contribution in [0.4, 0.5) is 0 Å². The molecule has 128 valence electrons. The highest BCUT2D eigenvalue weighted by Gasteiger charge is 2.28. The number of aliphatic hydroxyl groups is 3. The summed E-state index contributed by atoms with van der Waals surface area (Å²) in [5.41, 5.74) is 4.98. The lowest BCUT2D eigenvalue weighted by Crippen LogP contribution is -2.54. The van der Waals surface area contributed by atoms with Gasteiger partial charge in [-0.05, 0) is 38.6 Å². The van der Waals surface area contributed by atoms with Crippen LogP contribution >= 0.6 is 0 Å². The monoisotopic (exact) mass is 335 g/mol. The number of nitrogens with one attached hydrogen (secondary N) is 1. The summed E-state index contributed by atoms with van der Waals surface area (Å²) in [7, 11) is 0. The van der Waals surface area contributed by atoms with Crippen LogP contribution in [0, 0.1) is 0 Å². The van der Waals surface area contributed by atoms with Gasteiger partial charge in [-0.2, -0.15) is 0 Å². The number of benzene rings is 3. The number of aliphatic hydroxyl groups excluding tert-OH is 3. The van der Waals surface area contributed by atoms with Gasteiger partial charge in [0.05, 0.1) is 25.4 Å². The van der Waals surface area contributed by atoms with E-state index in [9.17, 15) is 15.3 Å². The Bertz CT molecular complexity index is 894. The van der Waals surface area contributed by atoms with E-state index >= 15 is 0 Å². The van der Waals surface area contributed by atoms with Crippen molar-refractivity contribution in [1.29, 1.82) is 0 Å². The van der Waals surface area contributed by atoms with E-state index in [1.54, 1.807) is 0 Å². The minimum atomic E-state index is -1.08. The fraction of sp³-hybridized carbons (Fsp3) is 0.238. The Labute approximate surface area is 146 Å². The lowest BCUT2D eigenvalue weighted by Gasteiger charge is -2.29. The van der Waals surface area contributed by atoms with E-state index in [2.05, 4.69) is 59.9 Å². The molecule has 1 aliphatic rings. The third-order valence-corrected chi connectivity index (χ3v) is 5.20. The molecule has 4 N–H and O–H groups in total. The van der Waals surface area contributed by atoms with Gasteiger partial charge in [0.2, 0.25) is 0 Å². The maximum absolute atomic E-state index is 9.50. The maximum Gasteiger partial charge on any atom is 0.0884 e. The van der Waals surface area contributed by atoms with Crippen molar-refractivity contribution in [2.24, 2.45) is 0 Å². The standard InChI is InChI=1S/C21H21NO3/c23-11-21(12-24,13-25)22-10-14-8-9-19-17-5-2-1-4-16(17)18-7-3-6-15(14)20(18)19/h1-9,22-25H,10-13H2. The van der Waals surface area contributed by atoms with E-state index in [0.717, 1.165) is 10.9 Å². The molecule has 0 saturated heterocycles. The molecule has 0 fully saturated rings. The van der Waals surface area contributed by atoms with Crippen LogP contribution < -0.4 is 5.32 Å². The molecule has 0 spiro atoms. The summed E-state index contributed by atoms with van der Waals surface area (Å²) in [6, 6.07) is 18.9. The average Bonchev–Trinajstić information content (AvgIpc) is 3.01. The first-order valence-electron chi connectivity index (χ1n) is 8.45. The molecule has 0 unspecified atom stereocenters. The van der Waals surface area contributed by atoms with E-state index in [1.165, 1.54) is 27.6 Å². The van der Waals surface area contributed by atoms with Crippen LogP contribution in [0.25, 0.3) is 33.0 Å². The highest BCUT2D eigenvalue weighted by atomic mass is 16.3. The van der Waals surface area contributed by atoms with Gasteiger partial charge in [-0.25, -0.2) is 0 Å². The van der Waals surface area contributed by atoms with Crippen molar-refractivity contribution in [1.82, 2.24) is 5.32 Å². The molecule has 0 saturated carbocycles. The normalized spacial score (nSPS) is 12.6. The van der Waals surface area contributed by atoms with Crippen LogP contribution in [0.2, 0.25) is 0 Å². The molecule has 0 aromatic heterocycles. The Balaban J connectivity index is 1.78. The SMILES string of the molecule is OCC(CO)(CO)NCc1ccc2c3c(cccc13)-c1ccccc1-2. The van der Waals surface area contributed by atoms with Crippen molar-refractivity contribution >= 4 is 10.8 Å². The number of hydrogen-bond donors (Lipinski definition) is 4.